The first-order valence-electron chi connectivity index (χ1n) is 8.95. The van der Waals surface area contributed by atoms with Crippen LogP contribution in [0.25, 0.3) is 0 Å². The Balaban J connectivity index is 1.98. The van der Waals surface area contributed by atoms with Gasteiger partial charge in [0.1, 0.15) is 0 Å². The summed E-state index contributed by atoms with van der Waals surface area (Å²) < 4.78 is 32.7. The quantitative estimate of drug-likeness (QED) is 0.807. The largest absolute Gasteiger partial charge is 0.450 e. The molecule has 0 aromatic heterocycles. The molecule has 1 heterocycles. The van der Waals surface area contributed by atoms with Crippen LogP contribution >= 0.6 is 0 Å². The topological polar surface area (TPSA) is 96.0 Å². The molecule has 1 aromatic carbocycles. The molecule has 0 spiro atoms. The van der Waals surface area contributed by atoms with Crippen molar-refractivity contribution in [3.05, 3.63) is 29.3 Å². The Morgan fingerprint density at radius 2 is 1.74 bits per heavy atom. The number of nitrogens with one attached hydrogen (secondary N) is 1. The number of rotatable bonds is 5. The second-order valence-corrected chi connectivity index (χ2v) is 8.31. The van der Waals surface area contributed by atoms with E-state index in [0.717, 1.165) is 5.56 Å². The Morgan fingerprint density at radius 1 is 1.15 bits per heavy atom. The van der Waals surface area contributed by atoms with Crippen LogP contribution < -0.4 is 4.72 Å². The Hall–Kier alpha value is -2.13. The smallest absolute Gasteiger partial charge is 0.409 e. The zero-order valence-electron chi connectivity index (χ0n) is 16.2. The second-order valence-electron chi connectivity index (χ2n) is 6.62. The van der Waals surface area contributed by atoms with Crippen molar-refractivity contribution in [2.45, 2.75) is 38.6 Å². The number of hydrogen-bond acceptors (Lipinski definition) is 5. The molecule has 0 unspecified atom stereocenters. The van der Waals surface area contributed by atoms with Crippen LogP contribution in [0.4, 0.5) is 4.79 Å². The minimum Gasteiger partial charge on any atom is -0.450 e. The lowest BCUT2D eigenvalue weighted by Gasteiger charge is -2.35. The predicted molar refractivity (Wildman–Crippen MR) is 101 cm³/mol. The van der Waals surface area contributed by atoms with Gasteiger partial charge in [-0.2, -0.15) is 4.72 Å². The molecule has 9 heteroatoms. The van der Waals surface area contributed by atoms with Crippen molar-refractivity contribution >= 4 is 22.0 Å². The molecule has 1 aromatic rings. The van der Waals surface area contributed by atoms with Gasteiger partial charge >= 0.3 is 6.09 Å². The van der Waals surface area contributed by atoms with Crippen molar-refractivity contribution in [3.8, 4) is 0 Å². The number of hydrogen-bond donors (Lipinski definition) is 1. The van der Waals surface area contributed by atoms with Crippen molar-refractivity contribution in [1.29, 1.82) is 0 Å². The molecule has 0 bridgehead atoms. The van der Waals surface area contributed by atoms with Gasteiger partial charge in [0.05, 0.1) is 17.5 Å². The summed E-state index contributed by atoms with van der Waals surface area (Å²) in [5.74, 6) is -0.313. The highest BCUT2D eigenvalue weighted by atomic mass is 32.2. The summed E-state index contributed by atoms with van der Waals surface area (Å²) in [7, 11) is -3.80. The molecule has 1 aliphatic heterocycles. The van der Waals surface area contributed by atoms with Crippen LogP contribution in [0.3, 0.4) is 0 Å². The molecule has 0 radical (unpaired) electrons. The number of nitrogens with zero attached hydrogens (tertiary/aromatic N) is 2. The molecule has 150 valence electrons. The molecule has 2 rings (SSSR count). The molecular formula is C18H27N3O5S. The third-order valence-electron chi connectivity index (χ3n) is 4.44. The van der Waals surface area contributed by atoms with E-state index in [-0.39, 0.29) is 10.8 Å². The lowest BCUT2D eigenvalue weighted by Crippen LogP contribution is -2.55. The van der Waals surface area contributed by atoms with Gasteiger partial charge in [-0.25, -0.2) is 13.2 Å². The molecule has 0 saturated carbocycles. The van der Waals surface area contributed by atoms with Gasteiger partial charge in [0.25, 0.3) is 0 Å². The van der Waals surface area contributed by atoms with E-state index in [2.05, 4.69) is 4.72 Å². The first-order valence-corrected chi connectivity index (χ1v) is 10.4. The van der Waals surface area contributed by atoms with Gasteiger partial charge in [0, 0.05) is 26.2 Å². The van der Waals surface area contributed by atoms with Crippen LogP contribution in [0.5, 0.6) is 0 Å². The number of carbonyl (C=O) groups excluding carboxylic acids is 2. The summed E-state index contributed by atoms with van der Waals surface area (Å²) in [5.41, 5.74) is 1.60. The standard InChI is InChI=1S/C18H27N3O5S/c1-5-26-18(23)21-10-8-20(9-11-21)17(22)15(4)19-27(24,25)16-7-6-13(2)12-14(16)3/h6-7,12,15,19H,5,8-11H2,1-4H3/t15-/m1/s1. The number of carbonyl (C=O) groups is 2. The number of sulfonamides is 1. The Bertz CT molecular complexity index is 801. The van der Waals surface area contributed by atoms with Crippen molar-refractivity contribution < 1.29 is 22.7 Å². The maximum atomic E-state index is 12.6. The highest BCUT2D eigenvalue weighted by Crippen LogP contribution is 2.17. The van der Waals surface area contributed by atoms with Crippen LogP contribution in [-0.4, -0.2) is 69.0 Å². The molecule has 1 atom stereocenters. The van der Waals surface area contributed by atoms with Gasteiger partial charge in [0.2, 0.25) is 15.9 Å². The van der Waals surface area contributed by atoms with Gasteiger partial charge in [0.15, 0.2) is 0 Å². The Kier molecular flexibility index (Phi) is 6.83. The van der Waals surface area contributed by atoms with Crippen LogP contribution in [0.2, 0.25) is 0 Å². The molecule has 8 nitrogen and oxygen atoms in total. The van der Waals surface area contributed by atoms with Crippen molar-refractivity contribution in [2.75, 3.05) is 32.8 Å². The van der Waals surface area contributed by atoms with Gasteiger partial charge in [-0.3, -0.25) is 4.79 Å². The predicted octanol–water partition coefficient (Wildman–Crippen LogP) is 1.27. The van der Waals surface area contributed by atoms with Crippen LogP contribution in [0, 0.1) is 13.8 Å². The van der Waals surface area contributed by atoms with E-state index in [1.165, 1.54) is 11.8 Å². The lowest BCUT2D eigenvalue weighted by molar-refractivity contribution is -0.134. The van der Waals surface area contributed by atoms with E-state index in [1.807, 2.05) is 6.92 Å². The van der Waals surface area contributed by atoms with Gasteiger partial charge in [-0.05, 0) is 39.3 Å². The van der Waals surface area contributed by atoms with Gasteiger partial charge in [-0.1, -0.05) is 17.7 Å². The monoisotopic (exact) mass is 397 g/mol. The summed E-state index contributed by atoms with van der Waals surface area (Å²) in [5, 5.41) is 0. The summed E-state index contributed by atoms with van der Waals surface area (Å²) in [6.45, 7) is 8.59. The number of ether oxygens (including phenoxy) is 1. The molecule has 1 aliphatic rings. The molecule has 1 saturated heterocycles. The third kappa shape index (κ3) is 5.20. The lowest BCUT2D eigenvalue weighted by atomic mass is 10.2. The number of piperazine rings is 1. The molecule has 0 aliphatic carbocycles. The maximum absolute atomic E-state index is 12.6. The van der Waals surface area contributed by atoms with Crippen molar-refractivity contribution in [1.82, 2.24) is 14.5 Å². The fourth-order valence-electron chi connectivity index (χ4n) is 3.05. The molecule has 1 N–H and O–H groups in total. The molecule has 1 fully saturated rings. The van der Waals surface area contributed by atoms with Crippen molar-refractivity contribution in [3.63, 3.8) is 0 Å². The van der Waals surface area contributed by atoms with Crippen LogP contribution in [0.1, 0.15) is 25.0 Å². The van der Waals surface area contributed by atoms with E-state index < -0.39 is 22.2 Å². The average molecular weight is 397 g/mol. The zero-order chi connectivity index (χ0) is 20.2. The summed E-state index contributed by atoms with van der Waals surface area (Å²) in [6, 6.07) is 4.16. The molecule has 27 heavy (non-hydrogen) atoms. The number of aryl methyl sites for hydroxylation is 2. The van der Waals surface area contributed by atoms with E-state index >= 15 is 0 Å². The van der Waals surface area contributed by atoms with E-state index in [1.54, 1.807) is 36.9 Å². The Labute approximate surface area is 160 Å². The third-order valence-corrected chi connectivity index (χ3v) is 6.14. The Morgan fingerprint density at radius 3 is 2.30 bits per heavy atom. The second kappa shape index (κ2) is 8.71. The minimum atomic E-state index is -3.80. The van der Waals surface area contributed by atoms with Crippen LogP contribution in [0.15, 0.2) is 23.1 Å². The first kappa shape index (κ1) is 21.2. The number of benzene rings is 1. The highest BCUT2D eigenvalue weighted by Gasteiger charge is 2.30. The van der Waals surface area contributed by atoms with E-state index in [9.17, 15) is 18.0 Å². The first-order chi connectivity index (χ1) is 12.7. The van der Waals surface area contributed by atoms with Crippen LogP contribution in [-0.2, 0) is 19.6 Å². The summed E-state index contributed by atoms with van der Waals surface area (Å²) >= 11 is 0. The zero-order valence-corrected chi connectivity index (χ0v) is 17.0. The van der Waals surface area contributed by atoms with Crippen molar-refractivity contribution in [2.24, 2.45) is 0 Å². The minimum absolute atomic E-state index is 0.167. The van der Waals surface area contributed by atoms with Gasteiger partial charge in [-0.15, -0.1) is 0 Å². The average Bonchev–Trinajstić information content (AvgIpc) is 2.60. The highest BCUT2D eigenvalue weighted by molar-refractivity contribution is 7.89. The number of amides is 2. The van der Waals surface area contributed by atoms with E-state index in [4.69, 9.17) is 4.74 Å². The van der Waals surface area contributed by atoms with Gasteiger partial charge < -0.3 is 14.5 Å². The fraction of sp³-hybridized carbons (Fsp3) is 0.556. The maximum Gasteiger partial charge on any atom is 0.409 e. The SMILES string of the molecule is CCOC(=O)N1CCN(C(=O)[C@@H](C)NS(=O)(=O)c2ccc(C)cc2C)CC1. The van der Waals surface area contributed by atoms with E-state index in [0.29, 0.717) is 38.3 Å². The fourth-order valence-corrected chi connectivity index (χ4v) is 4.47. The normalized spacial score (nSPS) is 16.1. The molecule has 2 amide bonds. The summed E-state index contributed by atoms with van der Waals surface area (Å²) in [6.07, 6.45) is -0.395. The summed E-state index contributed by atoms with van der Waals surface area (Å²) in [4.78, 5) is 27.6. The molecular weight excluding hydrogens is 370 g/mol.